The van der Waals surface area contributed by atoms with Gasteiger partial charge in [0.1, 0.15) is 6.07 Å². The fraction of sp³-hybridized carbons (Fsp3) is 0.588. The standard InChI is InChI=1S/C17H25ClN4O2S/c1-13(2)17(22-8-6-21(3)7-9-22)12-20-25(23,24)15-4-5-16(18)14(10-15)11-19/h4-5,10,13,17,20H,6-9,12H2,1-3H3. The Bertz CT molecular complexity index is 738. The molecule has 0 aliphatic carbocycles. The van der Waals surface area contributed by atoms with E-state index in [1.165, 1.54) is 18.2 Å². The summed E-state index contributed by atoms with van der Waals surface area (Å²) in [6.45, 7) is 8.38. The van der Waals surface area contributed by atoms with Crippen molar-refractivity contribution in [2.24, 2.45) is 5.92 Å². The van der Waals surface area contributed by atoms with Gasteiger partial charge in [-0.1, -0.05) is 25.4 Å². The summed E-state index contributed by atoms with van der Waals surface area (Å²) >= 11 is 5.88. The predicted molar refractivity (Wildman–Crippen MR) is 99.1 cm³/mol. The lowest BCUT2D eigenvalue weighted by Crippen LogP contribution is -2.54. The van der Waals surface area contributed by atoms with Crippen molar-refractivity contribution in [3.05, 3.63) is 28.8 Å². The normalized spacial score (nSPS) is 18.2. The molecule has 6 nitrogen and oxygen atoms in total. The first kappa shape index (κ1) is 20.1. The number of benzene rings is 1. The Kier molecular flexibility index (Phi) is 6.83. The molecule has 8 heteroatoms. The molecule has 25 heavy (non-hydrogen) atoms. The number of nitrogens with zero attached hydrogens (tertiary/aromatic N) is 3. The van der Waals surface area contributed by atoms with Gasteiger partial charge in [0.15, 0.2) is 0 Å². The number of sulfonamides is 1. The Balaban J connectivity index is 2.10. The van der Waals surface area contributed by atoms with Gasteiger partial charge in [-0.25, -0.2) is 13.1 Å². The van der Waals surface area contributed by atoms with Crippen LogP contribution in [0.25, 0.3) is 0 Å². The van der Waals surface area contributed by atoms with Crippen LogP contribution in [0.1, 0.15) is 19.4 Å². The molecule has 1 heterocycles. The number of hydrogen-bond acceptors (Lipinski definition) is 5. The van der Waals surface area contributed by atoms with E-state index in [1.807, 2.05) is 6.07 Å². The lowest BCUT2D eigenvalue weighted by molar-refractivity contribution is 0.0905. The fourth-order valence-corrected chi connectivity index (χ4v) is 4.21. The maximum absolute atomic E-state index is 12.6. The van der Waals surface area contributed by atoms with E-state index in [-0.39, 0.29) is 21.5 Å². The third-order valence-electron chi connectivity index (χ3n) is 4.63. The van der Waals surface area contributed by atoms with E-state index in [0.29, 0.717) is 12.5 Å². The van der Waals surface area contributed by atoms with E-state index in [2.05, 4.69) is 35.4 Å². The molecule has 1 atom stereocenters. The minimum atomic E-state index is -3.68. The van der Waals surface area contributed by atoms with Crippen LogP contribution in [-0.4, -0.2) is 64.0 Å². The number of nitriles is 1. The Morgan fingerprint density at radius 3 is 2.48 bits per heavy atom. The molecule has 138 valence electrons. The lowest BCUT2D eigenvalue weighted by atomic mass is 10.0. The molecular weight excluding hydrogens is 360 g/mol. The second kappa shape index (κ2) is 8.47. The van der Waals surface area contributed by atoms with Crippen molar-refractivity contribution in [2.45, 2.75) is 24.8 Å². The van der Waals surface area contributed by atoms with Crippen LogP contribution in [0.4, 0.5) is 0 Å². The highest BCUT2D eigenvalue weighted by molar-refractivity contribution is 7.89. The van der Waals surface area contributed by atoms with Crippen LogP contribution >= 0.6 is 11.6 Å². The van der Waals surface area contributed by atoms with Gasteiger partial charge < -0.3 is 4.90 Å². The highest BCUT2D eigenvalue weighted by Gasteiger charge is 2.27. The molecule has 1 aromatic rings. The minimum Gasteiger partial charge on any atom is -0.304 e. The van der Waals surface area contributed by atoms with E-state index in [1.54, 1.807) is 0 Å². The molecule has 2 rings (SSSR count). The molecule has 0 spiro atoms. The molecule has 1 saturated heterocycles. The molecule has 0 aromatic heterocycles. The molecule has 1 aromatic carbocycles. The zero-order valence-electron chi connectivity index (χ0n) is 14.9. The van der Waals surface area contributed by atoms with Gasteiger partial charge >= 0.3 is 0 Å². The molecule has 1 aliphatic rings. The van der Waals surface area contributed by atoms with Gasteiger partial charge in [-0.05, 0) is 31.2 Å². The second-order valence-corrected chi connectivity index (χ2v) is 8.93. The first-order chi connectivity index (χ1) is 11.7. The molecule has 0 bridgehead atoms. The summed E-state index contributed by atoms with van der Waals surface area (Å²) in [5.74, 6) is 0.325. The number of hydrogen-bond donors (Lipinski definition) is 1. The summed E-state index contributed by atoms with van der Waals surface area (Å²) in [6, 6.07) is 6.21. The van der Waals surface area contributed by atoms with Crippen LogP contribution in [0, 0.1) is 17.2 Å². The van der Waals surface area contributed by atoms with Crippen molar-refractivity contribution in [1.29, 1.82) is 5.26 Å². The lowest BCUT2D eigenvalue weighted by Gasteiger charge is -2.39. The van der Waals surface area contributed by atoms with Crippen molar-refractivity contribution < 1.29 is 8.42 Å². The van der Waals surface area contributed by atoms with Crippen LogP contribution in [-0.2, 0) is 10.0 Å². The maximum Gasteiger partial charge on any atom is 0.240 e. The van der Waals surface area contributed by atoms with Crippen LogP contribution in [0.3, 0.4) is 0 Å². The van der Waals surface area contributed by atoms with Gasteiger partial charge in [0.05, 0.1) is 15.5 Å². The highest BCUT2D eigenvalue weighted by atomic mass is 35.5. The number of likely N-dealkylation sites (N-methyl/N-ethyl adjacent to an activating group) is 1. The van der Waals surface area contributed by atoms with Crippen LogP contribution < -0.4 is 4.72 Å². The topological polar surface area (TPSA) is 76.4 Å². The first-order valence-electron chi connectivity index (χ1n) is 8.36. The van der Waals surface area contributed by atoms with E-state index < -0.39 is 10.0 Å². The third kappa shape index (κ3) is 5.16. The van der Waals surface area contributed by atoms with Crippen LogP contribution in [0.2, 0.25) is 5.02 Å². The average Bonchev–Trinajstić information content (AvgIpc) is 2.56. The minimum absolute atomic E-state index is 0.0642. The van der Waals surface area contributed by atoms with Gasteiger partial charge in [-0.2, -0.15) is 5.26 Å². The largest absolute Gasteiger partial charge is 0.304 e. The van der Waals surface area contributed by atoms with Crippen molar-refractivity contribution in [3.63, 3.8) is 0 Å². The summed E-state index contributed by atoms with van der Waals surface area (Å²) in [7, 11) is -1.59. The van der Waals surface area contributed by atoms with Gasteiger partial charge in [0, 0.05) is 38.8 Å². The number of piperazine rings is 1. The van der Waals surface area contributed by atoms with Crippen molar-refractivity contribution in [3.8, 4) is 6.07 Å². The Hall–Kier alpha value is -1.17. The third-order valence-corrected chi connectivity index (χ3v) is 6.38. The SMILES string of the molecule is CC(C)C(CNS(=O)(=O)c1ccc(Cl)c(C#N)c1)N1CCN(C)CC1. The summed E-state index contributed by atoms with van der Waals surface area (Å²) in [5.41, 5.74) is 0.156. The van der Waals surface area contributed by atoms with Crippen LogP contribution in [0.15, 0.2) is 23.1 Å². The van der Waals surface area contributed by atoms with Crippen molar-refractivity contribution >= 4 is 21.6 Å². The van der Waals surface area contributed by atoms with E-state index in [0.717, 1.165) is 26.2 Å². The second-order valence-electron chi connectivity index (χ2n) is 6.76. The summed E-state index contributed by atoms with van der Waals surface area (Å²) < 4.78 is 27.9. The fourth-order valence-electron chi connectivity index (χ4n) is 2.98. The monoisotopic (exact) mass is 384 g/mol. The Morgan fingerprint density at radius 2 is 1.92 bits per heavy atom. The molecule has 1 unspecified atom stereocenters. The molecule has 0 saturated carbocycles. The van der Waals surface area contributed by atoms with E-state index >= 15 is 0 Å². The van der Waals surface area contributed by atoms with E-state index in [9.17, 15) is 8.42 Å². The number of halogens is 1. The van der Waals surface area contributed by atoms with Gasteiger partial charge in [0.2, 0.25) is 10.0 Å². The zero-order valence-corrected chi connectivity index (χ0v) is 16.4. The van der Waals surface area contributed by atoms with Gasteiger partial charge in [-0.3, -0.25) is 4.90 Å². The Morgan fingerprint density at radius 1 is 1.28 bits per heavy atom. The summed E-state index contributed by atoms with van der Waals surface area (Å²) in [5, 5.41) is 9.28. The molecule has 0 radical (unpaired) electrons. The number of nitrogens with one attached hydrogen (secondary N) is 1. The molecule has 1 aliphatic heterocycles. The zero-order chi connectivity index (χ0) is 18.6. The summed E-state index contributed by atoms with van der Waals surface area (Å²) in [6.07, 6.45) is 0. The highest BCUT2D eigenvalue weighted by Crippen LogP contribution is 2.20. The maximum atomic E-state index is 12.6. The molecule has 0 amide bonds. The van der Waals surface area contributed by atoms with E-state index in [4.69, 9.17) is 16.9 Å². The summed E-state index contributed by atoms with van der Waals surface area (Å²) in [4.78, 5) is 4.68. The average molecular weight is 385 g/mol. The quantitative estimate of drug-likeness (QED) is 0.808. The van der Waals surface area contributed by atoms with Crippen molar-refractivity contribution in [1.82, 2.24) is 14.5 Å². The molecular formula is C17H25ClN4O2S. The smallest absolute Gasteiger partial charge is 0.240 e. The van der Waals surface area contributed by atoms with Crippen LogP contribution in [0.5, 0.6) is 0 Å². The molecule has 1 N–H and O–H groups in total. The number of rotatable bonds is 6. The molecule has 1 fully saturated rings. The van der Waals surface area contributed by atoms with Crippen molar-refractivity contribution in [2.75, 3.05) is 39.8 Å². The predicted octanol–water partition coefficient (Wildman–Crippen LogP) is 1.76. The van der Waals surface area contributed by atoms with Gasteiger partial charge in [-0.15, -0.1) is 0 Å². The Labute approximate surface area is 155 Å². The first-order valence-corrected chi connectivity index (χ1v) is 10.2. The van der Waals surface area contributed by atoms with Gasteiger partial charge in [0.25, 0.3) is 0 Å².